The molecule has 0 radical (unpaired) electrons. The number of ether oxygens (including phenoxy) is 2. The van der Waals surface area contributed by atoms with Crippen LogP contribution in [0.5, 0.6) is 0 Å². The Kier molecular flexibility index (Phi) is 14.1. The Labute approximate surface area is 353 Å². The van der Waals surface area contributed by atoms with Gasteiger partial charge in [-0.05, 0) is 36.1 Å². The minimum absolute atomic E-state index is 0.0127. The second-order valence-corrected chi connectivity index (χ2v) is 17.6. The van der Waals surface area contributed by atoms with E-state index in [0.717, 1.165) is 0 Å². The van der Waals surface area contributed by atoms with Gasteiger partial charge in [0.15, 0.2) is 34.4 Å². The van der Waals surface area contributed by atoms with E-state index in [-0.39, 0.29) is 73.1 Å². The summed E-state index contributed by atoms with van der Waals surface area (Å²) >= 11 is 10.4. The lowest BCUT2D eigenvalue weighted by Crippen LogP contribution is -2.25. The number of nitrogens with zero attached hydrogens (tertiary/aromatic N) is 8. The topological polar surface area (TPSA) is 262 Å². The first-order valence-electron chi connectivity index (χ1n) is 18.7. The summed E-state index contributed by atoms with van der Waals surface area (Å²) < 4.78 is 51.8. The van der Waals surface area contributed by atoms with Crippen molar-refractivity contribution in [1.29, 1.82) is 5.26 Å². The first-order valence-corrected chi connectivity index (χ1v) is 22.6. The lowest BCUT2D eigenvalue weighted by atomic mass is 10.1. The maximum absolute atomic E-state index is 12.9. The van der Waals surface area contributed by atoms with Gasteiger partial charge in [0.1, 0.15) is 18.7 Å². The van der Waals surface area contributed by atoms with Crippen molar-refractivity contribution < 1.29 is 41.7 Å². The van der Waals surface area contributed by atoms with Gasteiger partial charge >= 0.3 is 15.4 Å². The van der Waals surface area contributed by atoms with E-state index in [1.807, 2.05) is 12.1 Å². The van der Waals surface area contributed by atoms with Crippen LogP contribution in [0.4, 0.5) is 11.8 Å². The van der Waals surface area contributed by atoms with Crippen LogP contribution in [0.25, 0.3) is 22.3 Å². The van der Waals surface area contributed by atoms with Crippen molar-refractivity contribution in [3.63, 3.8) is 0 Å². The number of aromatic amines is 1. The summed E-state index contributed by atoms with van der Waals surface area (Å²) in [4.78, 5) is 62.4. The fourth-order valence-corrected chi connectivity index (χ4v) is 9.29. The lowest BCUT2D eigenvalue weighted by Gasteiger charge is -2.27. The molecule has 6 heterocycles. The molecule has 316 valence electrons. The number of carbonyl (C=O) groups is 2. The fraction of sp³-hybridized carbons (Fsp3) is 0.457. The number of fused-ring (bicyclic) bond motifs is 2. The minimum atomic E-state index is -3.63. The molecule has 3 N–H and O–H groups in total. The first kappa shape index (κ1) is 43.5. The van der Waals surface area contributed by atoms with Gasteiger partial charge in [-0.3, -0.25) is 38.3 Å². The number of amides is 2. The van der Waals surface area contributed by atoms with Gasteiger partial charge in [-0.2, -0.15) is 22.9 Å². The Hall–Kier alpha value is -4.59. The summed E-state index contributed by atoms with van der Waals surface area (Å²) in [6.45, 7) is -0.482. The number of carbonyl (C=O) groups excluding carboxylic acids is 2. The molecule has 2 aliphatic heterocycles. The van der Waals surface area contributed by atoms with Gasteiger partial charge in [0.2, 0.25) is 11.9 Å². The van der Waals surface area contributed by atoms with Crippen molar-refractivity contribution in [1.82, 2.24) is 39.0 Å². The van der Waals surface area contributed by atoms with Gasteiger partial charge < -0.3 is 28.4 Å². The molecule has 0 saturated carbocycles. The first-order chi connectivity index (χ1) is 29.0. The van der Waals surface area contributed by atoms with E-state index < -0.39 is 57.8 Å². The number of nitriles is 1. The normalized spacial score (nSPS) is 22.6. The Balaban J connectivity index is 1.07. The van der Waals surface area contributed by atoms with Crippen molar-refractivity contribution in [2.75, 3.05) is 29.6 Å². The monoisotopic (exact) mass is 899 g/mol. The molecule has 1 aromatic carbocycles. The SMILES string of the molecule is CC(C)C(=O)Nc1nc2c(ncn2[C@@H]2O[C@H](COP(=S)(OCCC#N)O[C@H]3C[C@H](n4cnc5c(NC(=O)c6ccccc6)ncnc54)O[C@@H]3CCS)C[C@H]2OP=O)c(=O)[nH]1. The van der Waals surface area contributed by atoms with Crippen LogP contribution < -0.4 is 16.2 Å². The van der Waals surface area contributed by atoms with Crippen LogP contribution >= 0.6 is 28.0 Å². The lowest BCUT2D eigenvalue weighted by molar-refractivity contribution is -0.118. The Bertz CT molecular complexity index is 2500. The standard InChI is InChI=1S/C35H39N11O10P2S2/c1-19(2)31(47)43-35-42-30-27(33(49)44-35)40-18-46(30)34-24(55-57-50)13-21(53-34)15-52-58(60,51-11-6-10-36)56-23-14-25(54-22(23)9-12-59)45-17-39-26-28(37-16-38-29(26)45)41-32(48)20-7-4-3-5-8-20/h3-5,7-8,16-19,21-25,34,59H,6,9,11-15H2,1-2H3,(H,37,38,41,48)(H2,42,43,44,47,49)/t21-,22+,23-,24+,25+,34+,58?/m0/s1. The highest BCUT2D eigenvalue weighted by Gasteiger charge is 2.43. The summed E-state index contributed by atoms with van der Waals surface area (Å²) in [6.07, 6.45) is 0.779. The Morgan fingerprint density at radius 1 is 1.07 bits per heavy atom. The number of rotatable bonds is 18. The smallest absolute Gasteiger partial charge is 0.327 e. The van der Waals surface area contributed by atoms with Gasteiger partial charge in [-0.15, -0.1) is 0 Å². The molecule has 2 fully saturated rings. The second kappa shape index (κ2) is 19.4. The molecule has 2 aliphatic rings. The van der Waals surface area contributed by atoms with Crippen molar-refractivity contribution in [3.8, 4) is 6.07 Å². The molecule has 7 rings (SSSR count). The molecule has 2 saturated heterocycles. The molecule has 4 aromatic heterocycles. The van der Waals surface area contributed by atoms with E-state index in [1.165, 1.54) is 17.2 Å². The molecule has 2 amide bonds. The van der Waals surface area contributed by atoms with Gasteiger partial charge in [0, 0.05) is 24.3 Å². The molecule has 1 unspecified atom stereocenters. The Morgan fingerprint density at radius 2 is 1.85 bits per heavy atom. The van der Waals surface area contributed by atoms with E-state index in [4.69, 9.17) is 39.4 Å². The van der Waals surface area contributed by atoms with Crippen LogP contribution in [-0.4, -0.2) is 94.2 Å². The minimum Gasteiger partial charge on any atom is -0.352 e. The molecule has 7 atom stereocenters. The summed E-state index contributed by atoms with van der Waals surface area (Å²) in [6, 6.07) is 10.7. The van der Waals surface area contributed by atoms with E-state index in [0.29, 0.717) is 28.9 Å². The predicted octanol–water partition coefficient (Wildman–Crippen LogP) is 4.85. The molecule has 25 heteroatoms. The molecule has 0 bridgehead atoms. The van der Waals surface area contributed by atoms with Crippen molar-refractivity contribution in [2.45, 2.75) is 76.4 Å². The quantitative estimate of drug-likeness (QED) is 0.0520. The third-order valence-corrected chi connectivity index (χ3v) is 12.5. The van der Waals surface area contributed by atoms with Crippen molar-refractivity contribution in [3.05, 3.63) is 65.2 Å². The number of benzene rings is 1. The average Bonchev–Trinajstić information content (AvgIpc) is 4.04. The average molecular weight is 900 g/mol. The van der Waals surface area contributed by atoms with Crippen LogP contribution in [0.1, 0.15) is 62.3 Å². The van der Waals surface area contributed by atoms with E-state index in [2.05, 4.69) is 53.2 Å². The number of thiol groups is 1. The fourth-order valence-electron chi connectivity index (χ4n) is 6.58. The van der Waals surface area contributed by atoms with E-state index in [1.54, 1.807) is 49.0 Å². The highest BCUT2D eigenvalue weighted by atomic mass is 32.5. The summed E-state index contributed by atoms with van der Waals surface area (Å²) in [5.41, 5.74) is 0.690. The molecule has 60 heavy (non-hydrogen) atoms. The third-order valence-electron chi connectivity index (χ3n) is 9.47. The molecule has 21 nitrogen and oxygen atoms in total. The maximum atomic E-state index is 12.9. The van der Waals surface area contributed by atoms with Crippen LogP contribution in [0, 0.1) is 17.2 Å². The zero-order chi connectivity index (χ0) is 42.4. The van der Waals surface area contributed by atoms with Crippen LogP contribution in [0.15, 0.2) is 54.1 Å². The van der Waals surface area contributed by atoms with Crippen LogP contribution in [-0.2, 0) is 48.7 Å². The number of nitrogens with one attached hydrogen (secondary N) is 3. The maximum Gasteiger partial charge on any atom is 0.327 e. The number of imidazole rings is 2. The van der Waals surface area contributed by atoms with Gasteiger partial charge in [-0.1, -0.05) is 32.0 Å². The number of hydrogen-bond donors (Lipinski definition) is 4. The molecular weight excluding hydrogens is 861 g/mol. The van der Waals surface area contributed by atoms with Crippen molar-refractivity contribution in [2.24, 2.45) is 5.92 Å². The number of hydrogen-bond acceptors (Lipinski definition) is 18. The number of H-pyrrole nitrogens is 1. The molecule has 0 aliphatic carbocycles. The Morgan fingerprint density at radius 3 is 2.60 bits per heavy atom. The van der Waals surface area contributed by atoms with Crippen LogP contribution in [0.2, 0.25) is 0 Å². The van der Waals surface area contributed by atoms with Crippen molar-refractivity contribution >= 4 is 85.7 Å². The zero-order valence-corrected chi connectivity index (χ0v) is 35.5. The number of anilines is 2. The highest BCUT2D eigenvalue weighted by Crippen LogP contribution is 2.54. The van der Waals surface area contributed by atoms with E-state index in [9.17, 15) is 24.2 Å². The van der Waals surface area contributed by atoms with E-state index >= 15 is 0 Å². The zero-order valence-electron chi connectivity index (χ0n) is 32.0. The van der Waals surface area contributed by atoms with Crippen LogP contribution in [0.3, 0.4) is 0 Å². The predicted molar refractivity (Wildman–Crippen MR) is 221 cm³/mol. The molecule has 5 aromatic rings. The summed E-state index contributed by atoms with van der Waals surface area (Å²) in [5, 5.41) is 14.6. The second-order valence-electron chi connectivity index (χ2n) is 13.9. The number of aromatic nitrogens is 8. The van der Waals surface area contributed by atoms with Gasteiger partial charge in [-0.25, -0.2) is 24.5 Å². The van der Waals surface area contributed by atoms with Gasteiger partial charge in [0.25, 0.3) is 11.5 Å². The summed E-state index contributed by atoms with van der Waals surface area (Å²) in [7, 11) is -0.625. The molecular formula is C35H39N11O10P2S2. The molecule has 0 spiro atoms. The van der Waals surface area contributed by atoms with Gasteiger partial charge in [0.05, 0.1) is 56.7 Å². The summed E-state index contributed by atoms with van der Waals surface area (Å²) in [5.74, 6) is -0.504. The largest absolute Gasteiger partial charge is 0.352 e. The highest BCUT2D eigenvalue weighted by molar-refractivity contribution is 8.07. The third kappa shape index (κ3) is 9.79.